The molecular weight excluding hydrogens is 256 g/mol. The van der Waals surface area contributed by atoms with Crippen molar-refractivity contribution in [3.63, 3.8) is 0 Å². The number of nitrogens with zero attached hydrogens (tertiary/aromatic N) is 4. The van der Waals surface area contributed by atoms with E-state index in [0.717, 1.165) is 24.9 Å². The fraction of sp³-hybridized carbons (Fsp3) is 0.357. The lowest BCUT2D eigenvalue weighted by atomic mass is 10.2. The van der Waals surface area contributed by atoms with Gasteiger partial charge in [-0.05, 0) is 32.4 Å². The molecule has 0 aromatic carbocycles. The highest BCUT2D eigenvalue weighted by atomic mass is 16.4. The molecule has 2 rings (SSSR count). The molecule has 0 saturated carbocycles. The summed E-state index contributed by atoms with van der Waals surface area (Å²) in [5, 5.41) is 11.8. The van der Waals surface area contributed by atoms with Crippen LogP contribution >= 0.6 is 0 Å². The first-order chi connectivity index (χ1) is 9.63. The first-order valence-electron chi connectivity index (χ1n) is 6.58. The molecule has 20 heavy (non-hydrogen) atoms. The standard InChI is InChI=1S/C14H18N4O2/c1-4-17(5-2)13-11(9-15-20)14(19)18-8-6-7-10(3)12(18)16-13/h6-9,20H,4-5H2,1-3H3. The van der Waals surface area contributed by atoms with Gasteiger partial charge in [0.15, 0.2) is 0 Å². The van der Waals surface area contributed by atoms with E-state index in [9.17, 15) is 4.79 Å². The number of hydrogen-bond acceptors (Lipinski definition) is 5. The number of aryl methyl sites for hydroxylation is 1. The Morgan fingerprint density at radius 1 is 1.45 bits per heavy atom. The summed E-state index contributed by atoms with van der Waals surface area (Å²) >= 11 is 0. The predicted octanol–water partition coefficient (Wildman–Crippen LogP) is 1.66. The van der Waals surface area contributed by atoms with Crippen molar-refractivity contribution in [3.05, 3.63) is 39.8 Å². The zero-order valence-electron chi connectivity index (χ0n) is 11.9. The maximum atomic E-state index is 12.5. The van der Waals surface area contributed by atoms with Gasteiger partial charge in [-0.3, -0.25) is 9.20 Å². The number of oxime groups is 1. The third-order valence-corrected chi connectivity index (χ3v) is 3.31. The maximum absolute atomic E-state index is 12.5. The minimum absolute atomic E-state index is 0.238. The van der Waals surface area contributed by atoms with Crippen molar-refractivity contribution < 1.29 is 5.21 Å². The number of hydrogen-bond donors (Lipinski definition) is 1. The van der Waals surface area contributed by atoms with E-state index in [1.165, 1.54) is 4.40 Å². The molecule has 0 amide bonds. The van der Waals surface area contributed by atoms with Gasteiger partial charge in [0.05, 0.1) is 6.21 Å². The summed E-state index contributed by atoms with van der Waals surface area (Å²) in [6, 6.07) is 3.70. The van der Waals surface area contributed by atoms with Gasteiger partial charge in [0.1, 0.15) is 17.0 Å². The summed E-state index contributed by atoms with van der Waals surface area (Å²) in [5.41, 5.74) is 1.60. The Bertz CT molecular complexity index is 702. The molecule has 6 heteroatoms. The Hall–Kier alpha value is -2.37. The summed E-state index contributed by atoms with van der Waals surface area (Å²) in [6.07, 6.45) is 2.82. The van der Waals surface area contributed by atoms with E-state index in [0.29, 0.717) is 17.0 Å². The quantitative estimate of drug-likeness (QED) is 0.523. The lowest BCUT2D eigenvalue weighted by Crippen LogP contribution is -2.30. The topological polar surface area (TPSA) is 70.2 Å². The molecule has 106 valence electrons. The summed E-state index contributed by atoms with van der Waals surface area (Å²) in [5.74, 6) is 0.548. The fourth-order valence-electron chi connectivity index (χ4n) is 2.24. The Morgan fingerprint density at radius 2 is 2.15 bits per heavy atom. The molecule has 0 atom stereocenters. The van der Waals surface area contributed by atoms with Crippen LogP contribution in [0, 0.1) is 6.92 Å². The Morgan fingerprint density at radius 3 is 2.75 bits per heavy atom. The third kappa shape index (κ3) is 2.24. The van der Waals surface area contributed by atoms with Crippen LogP contribution in [0.2, 0.25) is 0 Å². The minimum atomic E-state index is -0.238. The van der Waals surface area contributed by atoms with Gasteiger partial charge in [0.2, 0.25) is 0 Å². The van der Waals surface area contributed by atoms with Crippen LogP contribution < -0.4 is 10.5 Å². The average molecular weight is 274 g/mol. The van der Waals surface area contributed by atoms with Crippen molar-refractivity contribution in [2.75, 3.05) is 18.0 Å². The monoisotopic (exact) mass is 274 g/mol. The van der Waals surface area contributed by atoms with Crippen LogP contribution in [0.4, 0.5) is 5.82 Å². The smallest absolute Gasteiger partial charge is 0.269 e. The molecule has 1 N–H and O–H groups in total. The van der Waals surface area contributed by atoms with Crippen LogP contribution in [0.15, 0.2) is 28.3 Å². The number of anilines is 1. The van der Waals surface area contributed by atoms with Crippen molar-refractivity contribution in [1.29, 1.82) is 0 Å². The summed E-state index contributed by atoms with van der Waals surface area (Å²) < 4.78 is 1.47. The number of rotatable bonds is 4. The number of aromatic nitrogens is 2. The van der Waals surface area contributed by atoms with Crippen LogP contribution in [0.1, 0.15) is 25.0 Å². The number of fused-ring (bicyclic) bond motifs is 1. The number of pyridine rings is 1. The van der Waals surface area contributed by atoms with Crippen molar-refractivity contribution in [2.24, 2.45) is 5.16 Å². The predicted molar refractivity (Wildman–Crippen MR) is 79.1 cm³/mol. The van der Waals surface area contributed by atoms with E-state index >= 15 is 0 Å². The average Bonchev–Trinajstić information content (AvgIpc) is 2.45. The third-order valence-electron chi connectivity index (χ3n) is 3.31. The van der Waals surface area contributed by atoms with Crippen LogP contribution in [0.3, 0.4) is 0 Å². The molecule has 6 nitrogen and oxygen atoms in total. The molecule has 0 spiro atoms. The van der Waals surface area contributed by atoms with Crippen LogP contribution in [0.25, 0.3) is 5.65 Å². The second-order valence-electron chi connectivity index (χ2n) is 4.46. The van der Waals surface area contributed by atoms with E-state index in [-0.39, 0.29) is 5.56 Å². The molecule has 2 heterocycles. The Balaban J connectivity index is 2.87. The lowest BCUT2D eigenvalue weighted by Gasteiger charge is -2.22. The maximum Gasteiger partial charge on any atom is 0.269 e. The fourth-order valence-corrected chi connectivity index (χ4v) is 2.24. The second kappa shape index (κ2) is 5.73. The molecule has 0 aliphatic carbocycles. The lowest BCUT2D eigenvalue weighted by molar-refractivity contribution is 0.322. The molecular formula is C14H18N4O2. The van der Waals surface area contributed by atoms with Gasteiger partial charge in [-0.2, -0.15) is 0 Å². The zero-order valence-corrected chi connectivity index (χ0v) is 11.9. The van der Waals surface area contributed by atoms with Gasteiger partial charge in [-0.25, -0.2) is 4.98 Å². The van der Waals surface area contributed by atoms with Gasteiger partial charge >= 0.3 is 0 Å². The van der Waals surface area contributed by atoms with Gasteiger partial charge in [-0.15, -0.1) is 0 Å². The second-order valence-corrected chi connectivity index (χ2v) is 4.46. The highest BCUT2D eigenvalue weighted by Crippen LogP contribution is 2.16. The van der Waals surface area contributed by atoms with Gasteiger partial charge in [-0.1, -0.05) is 11.2 Å². The molecule has 2 aromatic heterocycles. The highest BCUT2D eigenvalue weighted by molar-refractivity contribution is 5.86. The molecule has 0 fully saturated rings. The summed E-state index contributed by atoms with van der Waals surface area (Å²) in [4.78, 5) is 19.1. The first kappa shape index (κ1) is 14.0. The molecule has 0 aliphatic rings. The molecule has 2 aromatic rings. The molecule has 0 aliphatic heterocycles. The summed E-state index contributed by atoms with van der Waals surface area (Å²) in [7, 11) is 0. The van der Waals surface area contributed by atoms with Crippen LogP contribution in [0.5, 0.6) is 0 Å². The largest absolute Gasteiger partial charge is 0.411 e. The van der Waals surface area contributed by atoms with E-state index < -0.39 is 0 Å². The van der Waals surface area contributed by atoms with Gasteiger partial charge in [0.25, 0.3) is 5.56 Å². The van der Waals surface area contributed by atoms with Crippen molar-refractivity contribution in [3.8, 4) is 0 Å². The zero-order chi connectivity index (χ0) is 14.7. The molecule has 0 saturated heterocycles. The van der Waals surface area contributed by atoms with E-state index in [4.69, 9.17) is 5.21 Å². The van der Waals surface area contributed by atoms with E-state index in [1.807, 2.05) is 31.7 Å². The molecule has 0 unspecified atom stereocenters. The van der Waals surface area contributed by atoms with Gasteiger partial charge < -0.3 is 10.1 Å². The van der Waals surface area contributed by atoms with Crippen molar-refractivity contribution in [1.82, 2.24) is 9.38 Å². The van der Waals surface area contributed by atoms with Gasteiger partial charge in [0, 0.05) is 19.3 Å². The SMILES string of the molecule is CCN(CC)c1nc2c(C)cccn2c(=O)c1C=NO. The van der Waals surface area contributed by atoms with Crippen molar-refractivity contribution in [2.45, 2.75) is 20.8 Å². The Kier molecular flexibility index (Phi) is 4.02. The van der Waals surface area contributed by atoms with Crippen molar-refractivity contribution >= 4 is 17.7 Å². The first-order valence-corrected chi connectivity index (χ1v) is 6.58. The van der Waals surface area contributed by atoms with Crippen LogP contribution in [-0.2, 0) is 0 Å². The van der Waals surface area contributed by atoms with E-state index in [1.54, 1.807) is 12.3 Å². The highest BCUT2D eigenvalue weighted by Gasteiger charge is 2.16. The molecule has 0 bridgehead atoms. The summed E-state index contributed by atoms with van der Waals surface area (Å²) in [6.45, 7) is 7.33. The Labute approximate surface area is 117 Å². The minimum Gasteiger partial charge on any atom is -0.411 e. The van der Waals surface area contributed by atoms with Crippen LogP contribution in [-0.4, -0.2) is 33.9 Å². The molecule has 0 radical (unpaired) electrons. The normalized spacial score (nSPS) is 11.3. The van der Waals surface area contributed by atoms with E-state index in [2.05, 4.69) is 10.1 Å².